The van der Waals surface area contributed by atoms with Crippen molar-refractivity contribution in [2.75, 3.05) is 19.3 Å². The number of nitrogens with one attached hydrogen (secondary N) is 1. The van der Waals surface area contributed by atoms with Crippen LogP contribution in [0.4, 0.5) is 0 Å². The third kappa shape index (κ3) is 2.32. The predicted molar refractivity (Wildman–Crippen MR) is 77.4 cm³/mol. The zero-order valence-corrected chi connectivity index (χ0v) is 13.5. The van der Waals surface area contributed by atoms with E-state index in [0.29, 0.717) is 18.5 Å². The van der Waals surface area contributed by atoms with E-state index in [1.807, 2.05) is 0 Å². The number of hydrogen-bond donors (Lipinski definition) is 2. The van der Waals surface area contributed by atoms with Gasteiger partial charge in [-0.05, 0) is 12.0 Å². The number of rotatable bonds is 4. The molecule has 0 bridgehead atoms. The summed E-state index contributed by atoms with van der Waals surface area (Å²) in [5, 5.41) is 9.44. The monoisotopic (exact) mass is 343 g/mol. The van der Waals surface area contributed by atoms with E-state index in [9.17, 15) is 27.9 Å². The van der Waals surface area contributed by atoms with Gasteiger partial charge in [-0.15, -0.1) is 0 Å². The van der Waals surface area contributed by atoms with Gasteiger partial charge in [-0.1, -0.05) is 0 Å². The minimum atomic E-state index is -3.49. The topological polar surface area (TPSA) is 124 Å². The largest absolute Gasteiger partial charge is 0.477 e. The van der Waals surface area contributed by atoms with E-state index in [4.69, 9.17) is 0 Å². The Balaban J connectivity index is 1.96. The zero-order chi connectivity index (χ0) is 17.1. The average Bonchev–Trinajstić information content (AvgIpc) is 2.75. The first kappa shape index (κ1) is 15.9. The van der Waals surface area contributed by atoms with Gasteiger partial charge >= 0.3 is 5.97 Å². The molecule has 0 aliphatic carbocycles. The molecule has 2 amide bonds. The summed E-state index contributed by atoms with van der Waals surface area (Å²) in [6, 6.07) is -1.04. The molecule has 1 unspecified atom stereocenters. The molecular formula is C13H17N3O6S. The van der Waals surface area contributed by atoms with Crippen LogP contribution in [-0.2, 0) is 24.4 Å². The van der Waals surface area contributed by atoms with Crippen molar-refractivity contribution in [2.24, 2.45) is 5.92 Å². The molecule has 0 aromatic carbocycles. The Kier molecular flexibility index (Phi) is 3.49. The summed E-state index contributed by atoms with van der Waals surface area (Å²) in [7, 11) is -3.49. The fourth-order valence-electron chi connectivity index (χ4n) is 3.79. The molecule has 3 aliphatic heterocycles. The second kappa shape index (κ2) is 5.03. The lowest BCUT2D eigenvalue weighted by Crippen LogP contribution is -2.73. The summed E-state index contributed by atoms with van der Waals surface area (Å²) in [6.07, 6.45) is 1.49. The van der Waals surface area contributed by atoms with E-state index in [1.165, 1.54) is 16.7 Å². The molecule has 3 atom stereocenters. The number of amides is 2. The van der Waals surface area contributed by atoms with E-state index in [-0.39, 0.29) is 24.1 Å². The summed E-state index contributed by atoms with van der Waals surface area (Å²) >= 11 is 0. The lowest BCUT2D eigenvalue weighted by molar-refractivity contribution is -0.168. The Hall–Kier alpha value is -1.94. The first-order valence-electron chi connectivity index (χ1n) is 7.14. The van der Waals surface area contributed by atoms with Gasteiger partial charge in [0.15, 0.2) is 0 Å². The van der Waals surface area contributed by atoms with Crippen molar-refractivity contribution in [1.82, 2.24) is 14.5 Å². The fraction of sp³-hybridized carbons (Fsp3) is 0.615. The van der Waals surface area contributed by atoms with Crippen LogP contribution in [0.15, 0.2) is 11.3 Å². The SMILES string of the molecule is CC(=O)N1CCC2C(CNS(C)(=O)=O)=C(C(=O)O)N3C(=O)[C@@H]1[C@@H]23. The third-order valence-electron chi connectivity index (χ3n) is 4.67. The van der Waals surface area contributed by atoms with Crippen molar-refractivity contribution in [2.45, 2.75) is 25.4 Å². The molecule has 9 nitrogen and oxygen atoms in total. The first-order chi connectivity index (χ1) is 10.6. The zero-order valence-electron chi connectivity index (χ0n) is 12.6. The predicted octanol–water partition coefficient (Wildman–Crippen LogP) is -1.66. The molecule has 2 fully saturated rings. The number of β-lactam (4-membered cyclic amide) rings is 1. The first-order valence-corrected chi connectivity index (χ1v) is 9.04. The molecule has 23 heavy (non-hydrogen) atoms. The number of piperidine rings is 1. The Labute approximate surface area is 133 Å². The maximum Gasteiger partial charge on any atom is 0.352 e. The van der Waals surface area contributed by atoms with Crippen LogP contribution in [0.25, 0.3) is 0 Å². The highest BCUT2D eigenvalue weighted by Gasteiger charge is 2.63. The molecule has 3 heterocycles. The van der Waals surface area contributed by atoms with Crippen LogP contribution >= 0.6 is 0 Å². The van der Waals surface area contributed by atoms with Gasteiger partial charge in [0.05, 0.1) is 12.3 Å². The number of carbonyl (C=O) groups excluding carboxylic acids is 2. The number of carboxylic acids is 1. The van der Waals surface area contributed by atoms with Crippen LogP contribution in [0.1, 0.15) is 13.3 Å². The molecule has 3 rings (SSSR count). The molecule has 0 aromatic heterocycles. The van der Waals surface area contributed by atoms with Gasteiger partial charge in [-0.2, -0.15) is 0 Å². The summed E-state index contributed by atoms with van der Waals surface area (Å²) in [4.78, 5) is 38.2. The van der Waals surface area contributed by atoms with Crippen LogP contribution in [0.5, 0.6) is 0 Å². The average molecular weight is 343 g/mol. The van der Waals surface area contributed by atoms with Crippen LogP contribution in [0.2, 0.25) is 0 Å². The maximum absolute atomic E-state index is 12.3. The van der Waals surface area contributed by atoms with Crippen molar-refractivity contribution < 1.29 is 27.9 Å². The van der Waals surface area contributed by atoms with E-state index in [0.717, 1.165) is 6.26 Å². The van der Waals surface area contributed by atoms with Crippen LogP contribution in [0, 0.1) is 5.92 Å². The number of carbonyl (C=O) groups is 3. The van der Waals surface area contributed by atoms with Gasteiger partial charge in [-0.3, -0.25) is 14.5 Å². The Morgan fingerprint density at radius 2 is 2.04 bits per heavy atom. The van der Waals surface area contributed by atoms with E-state index in [2.05, 4.69) is 4.72 Å². The van der Waals surface area contributed by atoms with E-state index in [1.54, 1.807) is 0 Å². The van der Waals surface area contributed by atoms with Crippen molar-refractivity contribution >= 4 is 27.8 Å². The van der Waals surface area contributed by atoms with Gasteiger partial charge < -0.3 is 10.0 Å². The number of aliphatic carboxylic acids is 1. The highest BCUT2D eigenvalue weighted by molar-refractivity contribution is 7.88. The fourth-order valence-corrected chi connectivity index (χ4v) is 4.21. The van der Waals surface area contributed by atoms with Crippen LogP contribution in [-0.4, -0.2) is 72.5 Å². The lowest BCUT2D eigenvalue weighted by atomic mass is 9.78. The van der Waals surface area contributed by atoms with Gasteiger partial charge in [0.1, 0.15) is 11.7 Å². The van der Waals surface area contributed by atoms with Crippen molar-refractivity contribution in [3.63, 3.8) is 0 Å². The summed E-state index contributed by atoms with van der Waals surface area (Å²) in [5.41, 5.74) is 0.259. The van der Waals surface area contributed by atoms with E-state index < -0.39 is 34.0 Å². The number of carboxylic acid groups (broad SMARTS) is 1. The van der Waals surface area contributed by atoms with Crippen LogP contribution < -0.4 is 4.72 Å². The van der Waals surface area contributed by atoms with Gasteiger partial charge in [0.25, 0.3) is 5.91 Å². The summed E-state index contributed by atoms with van der Waals surface area (Å²) in [6.45, 7) is 1.59. The second-order valence-electron chi connectivity index (χ2n) is 6.02. The van der Waals surface area contributed by atoms with Gasteiger partial charge in [0.2, 0.25) is 15.9 Å². The molecule has 126 valence electrons. The maximum atomic E-state index is 12.3. The third-order valence-corrected chi connectivity index (χ3v) is 5.33. The molecule has 0 aromatic rings. The Morgan fingerprint density at radius 1 is 1.39 bits per heavy atom. The molecule has 0 saturated carbocycles. The Morgan fingerprint density at radius 3 is 2.57 bits per heavy atom. The van der Waals surface area contributed by atoms with Crippen molar-refractivity contribution in [1.29, 1.82) is 0 Å². The molecular weight excluding hydrogens is 326 g/mol. The van der Waals surface area contributed by atoms with Gasteiger partial charge in [0, 0.05) is 25.9 Å². The molecule has 10 heteroatoms. The van der Waals surface area contributed by atoms with Crippen molar-refractivity contribution in [3.8, 4) is 0 Å². The smallest absolute Gasteiger partial charge is 0.352 e. The lowest BCUT2D eigenvalue weighted by Gasteiger charge is -2.53. The molecule has 0 spiro atoms. The quantitative estimate of drug-likeness (QED) is 0.589. The summed E-state index contributed by atoms with van der Waals surface area (Å²) < 4.78 is 24.9. The van der Waals surface area contributed by atoms with Gasteiger partial charge in [-0.25, -0.2) is 17.9 Å². The highest BCUT2D eigenvalue weighted by atomic mass is 32.2. The number of sulfonamides is 1. The number of hydrogen-bond acceptors (Lipinski definition) is 5. The normalized spacial score (nSPS) is 29.5. The summed E-state index contributed by atoms with van der Waals surface area (Å²) in [5.74, 6) is -2.14. The molecule has 2 saturated heterocycles. The number of nitrogens with zero attached hydrogens (tertiary/aromatic N) is 2. The second-order valence-corrected chi connectivity index (χ2v) is 7.86. The minimum absolute atomic E-state index is 0.141. The molecule has 0 radical (unpaired) electrons. The van der Waals surface area contributed by atoms with Crippen LogP contribution in [0.3, 0.4) is 0 Å². The van der Waals surface area contributed by atoms with Crippen molar-refractivity contribution in [3.05, 3.63) is 11.3 Å². The highest BCUT2D eigenvalue weighted by Crippen LogP contribution is 2.48. The number of likely N-dealkylation sites (tertiary alicyclic amines) is 1. The molecule has 3 aliphatic rings. The standard InChI is InChI=1S/C13H17N3O6S/c1-6(17)15-4-3-7-8(5-14-23(2,21)22)10(13(19)20)16-9(7)11(15)12(16)18/h7,9,11,14H,3-5H2,1-2H3,(H,19,20)/t7?,9-,11+/m1/s1. The van der Waals surface area contributed by atoms with E-state index >= 15 is 0 Å². The Bertz CT molecular complexity index is 743. The minimum Gasteiger partial charge on any atom is -0.477 e. The molecule has 2 N–H and O–H groups in total.